The number of aromatic amines is 1. The molecule has 1 aliphatic heterocycles. The van der Waals surface area contributed by atoms with E-state index < -0.39 is 37.7 Å². The molecule has 1 aliphatic rings. The molecule has 2 atom stereocenters. The van der Waals surface area contributed by atoms with E-state index in [2.05, 4.69) is 43.7 Å². The van der Waals surface area contributed by atoms with Gasteiger partial charge in [0.1, 0.15) is 30.3 Å². The lowest BCUT2D eigenvalue weighted by Crippen LogP contribution is -2.46. The molecule has 1 fully saturated rings. The summed E-state index contributed by atoms with van der Waals surface area (Å²) in [6.07, 6.45) is 2.53. The van der Waals surface area contributed by atoms with Gasteiger partial charge >= 0.3 is 18.0 Å². The number of benzene rings is 5. The highest BCUT2D eigenvalue weighted by Crippen LogP contribution is 2.42. The minimum atomic E-state index is -2.46. The predicted octanol–water partition coefficient (Wildman–Crippen LogP) is 11.9. The zero-order valence-corrected chi connectivity index (χ0v) is 47.8. The van der Waals surface area contributed by atoms with Crippen LogP contribution in [0.3, 0.4) is 0 Å². The summed E-state index contributed by atoms with van der Waals surface area (Å²) in [7, 11) is -2.46. The molecule has 14 nitrogen and oxygen atoms in total. The molecule has 1 saturated heterocycles. The quantitative estimate of drug-likeness (QED) is 0.0255. The van der Waals surface area contributed by atoms with Crippen LogP contribution in [-0.4, -0.2) is 97.8 Å². The number of aliphatic hydroxyl groups is 1. The van der Waals surface area contributed by atoms with Crippen LogP contribution >= 0.6 is 0 Å². The van der Waals surface area contributed by atoms with Crippen molar-refractivity contribution in [2.24, 2.45) is 5.92 Å². The van der Waals surface area contributed by atoms with Crippen molar-refractivity contribution < 1.29 is 47.6 Å². The van der Waals surface area contributed by atoms with E-state index in [1.807, 2.05) is 99.6 Å². The van der Waals surface area contributed by atoms with Gasteiger partial charge in [0.25, 0.3) is 0 Å². The Labute approximate surface area is 461 Å². The van der Waals surface area contributed by atoms with E-state index >= 15 is 0 Å². The molecule has 0 spiro atoms. The lowest BCUT2D eigenvalue weighted by molar-refractivity contribution is -0.164. The van der Waals surface area contributed by atoms with E-state index in [9.17, 15) is 24.3 Å². The second kappa shape index (κ2) is 26.7. The van der Waals surface area contributed by atoms with Crippen molar-refractivity contribution in [3.8, 4) is 11.5 Å². The van der Waals surface area contributed by atoms with Crippen LogP contribution in [0.5, 0.6) is 11.5 Å². The van der Waals surface area contributed by atoms with Crippen molar-refractivity contribution in [2.75, 3.05) is 45.9 Å². The molecule has 1 aromatic heterocycles. The molecule has 7 rings (SSSR count). The minimum Gasteiger partial charge on any atom is -0.494 e. The number of unbranched alkanes of at least 4 members (excludes halogenated alkanes) is 2. The zero-order chi connectivity index (χ0) is 55.9. The maximum Gasteiger partial charge on any atom is 0.410 e. The van der Waals surface area contributed by atoms with Crippen LogP contribution in [0.15, 0.2) is 144 Å². The first kappa shape index (κ1) is 58.9. The van der Waals surface area contributed by atoms with E-state index in [1.54, 1.807) is 59.5 Å². The van der Waals surface area contributed by atoms with Crippen molar-refractivity contribution in [2.45, 2.75) is 122 Å². The molecular weight excluding hydrogens is 1000 g/mol. The van der Waals surface area contributed by atoms with Gasteiger partial charge in [-0.25, -0.2) is 9.59 Å². The number of fused-ring (bicyclic) bond motifs is 1. The fourth-order valence-corrected chi connectivity index (χ4v) is 10.4. The Kier molecular flexibility index (Phi) is 20.2. The van der Waals surface area contributed by atoms with E-state index in [1.165, 1.54) is 6.07 Å². The Balaban J connectivity index is 0.960. The average molecular weight is 1080 g/mol. The number of likely N-dealkylation sites (tertiary alicyclic amines) is 1. The monoisotopic (exact) mass is 1080 g/mol. The van der Waals surface area contributed by atoms with Gasteiger partial charge in [-0.2, -0.15) is 0 Å². The van der Waals surface area contributed by atoms with Gasteiger partial charge in [0, 0.05) is 18.0 Å². The number of pyridine rings is 1. The normalized spacial score (nSPS) is 14.7. The summed E-state index contributed by atoms with van der Waals surface area (Å²) in [6.45, 7) is 19.7. The number of piperidine rings is 1. The average Bonchev–Trinajstić information content (AvgIpc) is 3.44. The number of hydrogen-bond acceptors (Lipinski definition) is 12. The number of carbonyl (C=O) groups excluding carboxylic acids is 3. The topological polar surface area (TPSA) is 166 Å². The Morgan fingerprint density at radius 3 is 1.96 bits per heavy atom. The van der Waals surface area contributed by atoms with Crippen LogP contribution in [0, 0.1) is 5.92 Å². The van der Waals surface area contributed by atoms with Crippen LogP contribution in [0.25, 0.3) is 10.9 Å². The highest BCUT2D eigenvalue weighted by molar-refractivity contribution is 6.74. The molecule has 416 valence electrons. The van der Waals surface area contributed by atoms with Crippen molar-refractivity contribution in [1.82, 2.24) is 14.8 Å². The molecule has 5 aromatic carbocycles. The third kappa shape index (κ3) is 16.4. The Morgan fingerprint density at radius 1 is 0.718 bits per heavy atom. The third-order valence-electron chi connectivity index (χ3n) is 14.6. The van der Waals surface area contributed by atoms with Crippen LogP contribution in [0.4, 0.5) is 4.79 Å². The number of hydrogen-bond donors (Lipinski definition) is 2. The number of carbonyl (C=O) groups is 3. The number of H-pyrrole nitrogens is 1. The van der Waals surface area contributed by atoms with Gasteiger partial charge in [-0.3, -0.25) is 14.5 Å². The van der Waals surface area contributed by atoms with Crippen molar-refractivity contribution >= 4 is 37.3 Å². The lowest BCUT2D eigenvalue weighted by Gasteiger charge is -2.41. The Hall–Kier alpha value is -6.78. The number of esters is 2. The number of rotatable bonds is 24. The van der Waals surface area contributed by atoms with Crippen LogP contribution in [0.2, 0.25) is 18.1 Å². The highest BCUT2D eigenvalue weighted by atomic mass is 28.4. The van der Waals surface area contributed by atoms with E-state index in [0.29, 0.717) is 73.8 Å². The van der Waals surface area contributed by atoms with Gasteiger partial charge in [-0.05, 0) is 142 Å². The van der Waals surface area contributed by atoms with Crippen LogP contribution < -0.4 is 15.0 Å². The summed E-state index contributed by atoms with van der Waals surface area (Å²) in [5.74, 6) is 0.144. The van der Waals surface area contributed by atoms with Gasteiger partial charge in [0.2, 0.25) is 11.2 Å². The van der Waals surface area contributed by atoms with Gasteiger partial charge in [-0.1, -0.05) is 130 Å². The van der Waals surface area contributed by atoms with Crippen molar-refractivity contribution in [1.29, 1.82) is 0 Å². The second-order valence-electron chi connectivity index (χ2n) is 22.8. The summed E-state index contributed by atoms with van der Waals surface area (Å²) in [6, 6.07) is 42.2. The summed E-state index contributed by atoms with van der Waals surface area (Å²) < 4.78 is 37.1. The summed E-state index contributed by atoms with van der Waals surface area (Å²) >= 11 is 0. The number of ether oxygens (including phenoxy) is 5. The fourth-order valence-electron chi connectivity index (χ4n) is 9.12. The van der Waals surface area contributed by atoms with Crippen molar-refractivity contribution in [3.63, 3.8) is 0 Å². The van der Waals surface area contributed by atoms with Crippen LogP contribution in [0.1, 0.15) is 108 Å². The molecule has 2 N–H and O–H groups in total. The number of amides is 1. The second-order valence-corrected chi connectivity index (χ2v) is 27.6. The van der Waals surface area contributed by atoms with E-state index in [0.717, 1.165) is 41.3 Å². The smallest absolute Gasteiger partial charge is 0.410 e. The summed E-state index contributed by atoms with van der Waals surface area (Å²) in [4.78, 5) is 60.2. The molecule has 15 heteroatoms. The molecule has 0 bridgehead atoms. The maximum atomic E-state index is 14.1. The predicted molar refractivity (Wildman–Crippen MR) is 306 cm³/mol. The molecule has 1 amide bonds. The zero-order valence-electron chi connectivity index (χ0n) is 46.8. The first-order valence-electron chi connectivity index (χ1n) is 27.3. The van der Waals surface area contributed by atoms with E-state index in [4.69, 9.17) is 28.1 Å². The molecule has 1 unspecified atom stereocenters. The number of nitrogens with zero attached hydrogens (tertiary/aromatic N) is 2. The van der Waals surface area contributed by atoms with E-state index in [-0.39, 0.29) is 48.8 Å². The van der Waals surface area contributed by atoms with Crippen molar-refractivity contribution in [3.05, 3.63) is 178 Å². The maximum absolute atomic E-state index is 14.1. The Morgan fingerprint density at radius 2 is 1.33 bits per heavy atom. The third-order valence-corrected chi connectivity index (χ3v) is 19.1. The molecular formula is C63H79N3O11Si. The molecule has 78 heavy (non-hydrogen) atoms. The first-order chi connectivity index (χ1) is 37.2. The largest absolute Gasteiger partial charge is 0.494 e. The number of nitrogens with one attached hydrogen (secondary N) is 1. The lowest BCUT2D eigenvalue weighted by atomic mass is 9.86. The molecule has 6 aromatic rings. The van der Waals surface area contributed by atoms with Gasteiger partial charge in [0.05, 0.1) is 37.9 Å². The summed E-state index contributed by atoms with van der Waals surface area (Å²) in [5, 5.41) is 12.9. The molecule has 2 heterocycles. The molecule has 0 radical (unpaired) electrons. The van der Waals surface area contributed by atoms with Crippen LogP contribution in [-0.2, 0) is 47.0 Å². The Bertz CT molecular complexity index is 2930. The molecule has 0 saturated carbocycles. The minimum absolute atomic E-state index is 0.0735. The first-order valence-corrected chi connectivity index (χ1v) is 30.2. The fraction of sp³-hybridized carbons (Fsp3) is 0.429. The molecule has 0 aliphatic carbocycles. The van der Waals surface area contributed by atoms with Gasteiger partial charge in [-0.15, -0.1) is 0 Å². The highest BCUT2D eigenvalue weighted by Gasteiger charge is 2.43. The van der Waals surface area contributed by atoms with Gasteiger partial charge in [0.15, 0.2) is 8.32 Å². The van der Waals surface area contributed by atoms with Gasteiger partial charge < -0.3 is 43.1 Å². The SMILES string of the molecule is CC(C)(C)OC(=O)N(CCCCCOc1ccc(C(O)(C(=O)OCC2CCN(CC(=O)OCc3ccccc3)CC2)c2ccccc2)cc1)C[C@H](O[Si](C)(C)C(C)(C)C)c1ccc(OCc2ccccc2)c2[nH]c(=O)ccc12. The number of aromatic nitrogens is 1. The summed E-state index contributed by atoms with van der Waals surface area (Å²) in [5.41, 5.74) is 0.995. The standard InChI is InChI=1S/C63H79N3O11Si/c1-61(2,3)76-60(70)66(41-55(77-78(7,8)62(4,5)6)52-31-33-54(58-53(52)32-34-56(67)64-58)73-43-46-21-13-9-14-22-46)37-19-12-20-40-72-51-29-27-50(28-30-51)63(71,49-25-17-11-18-26-49)59(69)75-45-48-35-38-65(39-36-48)42-57(68)74-44-47-23-15-10-16-24-47/h9-11,13-18,21-34,48,55,71H,12,19-20,35-45H2,1-8H3,(H,64,67)/t55-,63?/m0/s1.